The van der Waals surface area contributed by atoms with Crippen LogP contribution in [0.15, 0.2) is 24.3 Å². The van der Waals surface area contributed by atoms with Gasteiger partial charge in [-0.2, -0.15) is 0 Å². The topological polar surface area (TPSA) is 29.3 Å². The van der Waals surface area contributed by atoms with E-state index in [0.29, 0.717) is 6.04 Å². The van der Waals surface area contributed by atoms with E-state index in [1.807, 2.05) is 12.1 Å². The zero-order valence-corrected chi connectivity index (χ0v) is 12.6. The SMILES string of the molecule is CC(N)CCC1CCN(Cc2ccc(Cl)cc2)CC1. The van der Waals surface area contributed by atoms with Crippen molar-refractivity contribution in [1.82, 2.24) is 4.90 Å². The van der Waals surface area contributed by atoms with Crippen LogP contribution in [0.2, 0.25) is 5.02 Å². The first kappa shape index (κ1) is 14.8. The molecule has 19 heavy (non-hydrogen) atoms. The average Bonchev–Trinajstić information content (AvgIpc) is 2.40. The van der Waals surface area contributed by atoms with Crippen molar-refractivity contribution < 1.29 is 0 Å². The van der Waals surface area contributed by atoms with Crippen LogP contribution < -0.4 is 5.73 Å². The Hall–Kier alpha value is -0.570. The Morgan fingerprint density at radius 2 is 1.89 bits per heavy atom. The van der Waals surface area contributed by atoms with E-state index >= 15 is 0 Å². The third-order valence-electron chi connectivity index (χ3n) is 4.06. The molecule has 0 spiro atoms. The molecule has 0 aromatic heterocycles. The molecule has 3 heteroatoms. The molecule has 2 nitrogen and oxygen atoms in total. The molecule has 1 aliphatic heterocycles. The van der Waals surface area contributed by atoms with E-state index in [2.05, 4.69) is 24.0 Å². The number of benzene rings is 1. The highest BCUT2D eigenvalue weighted by Gasteiger charge is 2.19. The molecule has 2 rings (SSSR count). The number of nitrogens with zero attached hydrogens (tertiary/aromatic N) is 1. The summed E-state index contributed by atoms with van der Waals surface area (Å²) in [5.41, 5.74) is 7.19. The summed E-state index contributed by atoms with van der Waals surface area (Å²) < 4.78 is 0. The van der Waals surface area contributed by atoms with E-state index in [0.717, 1.165) is 17.5 Å². The Labute approximate surface area is 121 Å². The highest BCUT2D eigenvalue weighted by atomic mass is 35.5. The number of nitrogens with two attached hydrogens (primary N) is 1. The lowest BCUT2D eigenvalue weighted by molar-refractivity contribution is 0.170. The lowest BCUT2D eigenvalue weighted by Gasteiger charge is -2.32. The maximum Gasteiger partial charge on any atom is 0.0406 e. The van der Waals surface area contributed by atoms with Gasteiger partial charge in [-0.25, -0.2) is 0 Å². The van der Waals surface area contributed by atoms with Gasteiger partial charge in [0.1, 0.15) is 0 Å². The Bertz CT molecular complexity index is 367. The number of halogens is 1. The molecule has 0 radical (unpaired) electrons. The highest BCUT2D eigenvalue weighted by Crippen LogP contribution is 2.23. The minimum atomic E-state index is 0.354. The molecule has 0 aliphatic carbocycles. The molecule has 0 amide bonds. The van der Waals surface area contributed by atoms with E-state index in [1.54, 1.807) is 0 Å². The van der Waals surface area contributed by atoms with E-state index in [1.165, 1.54) is 44.3 Å². The molecule has 1 aromatic carbocycles. The van der Waals surface area contributed by atoms with E-state index in [4.69, 9.17) is 17.3 Å². The molecule has 1 heterocycles. The number of hydrogen-bond donors (Lipinski definition) is 1. The van der Waals surface area contributed by atoms with Gasteiger partial charge >= 0.3 is 0 Å². The van der Waals surface area contributed by atoms with Gasteiger partial charge in [-0.1, -0.05) is 23.7 Å². The molecule has 106 valence electrons. The summed E-state index contributed by atoms with van der Waals surface area (Å²) in [6, 6.07) is 8.57. The van der Waals surface area contributed by atoms with Crippen LogP contribution in [0.1, 0.15) is 38.2 Å². The van der Waals surface area contributed by atoms with Crippen LogP contribution in [-0.4, -0.2) is 24.0 Å². The summed E-state index contributed by atoms with van der Waals surface area (Å²) in [5.74, 6) is 0.882. The monoisotopic (exact) mass is 280 g/mol. The van der Waals surface area contributed by atoms with Crippen LogP contribution in [-0.2, 0) is 6.54 Å². The fraction of sp³-hybridized carbons (Fsp3) is 0.625. The summed E-state index contributed by atoms with van der Waals surface area (Å²) in [7, 11) is 0. The van der Waals surface area contributed by atoms with Crippen molar-refractivity contribution in [1.29, 1.82) is 0 Å². The summed E-state index contributed by atoms with van der Waals surface area (Å²) >= 11 is 5.91. The van der Waals surface area contributed by atoms with Gasteiger partial charge in [-0.3, -0.25) is 4.90 Å². The maximum absolute atomic E-state index is 5.91. The molecule has 2 N–H and O–H groups in total. The largest absolute Gasteiger partial charge is 0.328 e. The number of piperidine rings is 1. The van der Waals surface area contributed by atoms with Crippen LogP contribution >= 0.6 is 11.6 Å². The van der Waals surface area contributed by atoms with Gasteiger partial charge in [0, 0.05) is 17.6 Å². The van der Waals surface area contributed by atoms with Gasteiger partial charge in [0.2, 0.25) is 0 Å². The predicted molar refractivity (Wildman–Crippen MR) is 82.3 cm³/mol. The fourth-order valence-electron chi connectivity index (χ4n) is 2.78. The molecule has 1 atom stereocenters. The zero-order valence-electron chi connectivity index (χ0n) is 11.8. The summed E-state index contributed by atoms with van der Waals surface area (Å²) in [6.45, 7) is 5.59. The first-order chi connectivity index (χ1) is 9.13. The maximum atomic E-state index is 5.91. The molecule has 0 saturated carbocycles. The normalized spacial score (nSPS) is 19.5. The van der Waals surface area contributed by atoms with Gasteiger partial charge < -0.3 is 5.73 Å². The van der Waals surface area contributed by atoms with Crippen LogP contribution in [0.25, 0.3) is 0 Å². The molecule has 1 aliphatic rings. The van der Waals surface area contributed by atoms with Gasteiger partial charge in [0.25, 0.3) is 0 Å². The molecule has 1 fully saturated rings. The second-order valence-electron chi connectivity index (χ2n) is 5.90. The Morgan fingerprint density at radius 1 is 1.26 bits per heavy atom. The first-order valence-corrected chi connectivity index (χ1v) is 7.73. The smallest absolute Gasteiger partial charge is 0.0406 e. The van der Waals surface area contributed by atoms with Crippen molar-refractivity contribution in [2.24, 2.45) is 11.7 Å². The summed E-state index contributed by atoms with van der Waals surface area (Å²) in [4.78, 5) is 2.55. The average molecular weight is 281 g/mol. The number of likely N-dealkylation sites (tertiary alicyclic amines) is 1. The van der Waals surface area contributed by atoms with Gasteiger partial charge in [0.05, 0.1) is 0 Å². The lowest BCUT2D eigenvalue weighted by atomic mass is 9.91. The standard InChI is InChI=1S/C16H25ClN2/c1-13(18)2-3-14-8-10-19(11-9-14)12-15-4-6-16(17)7-5-15/h4-7,13-14H,2-3,8-12,18H2,1H3. The first-order valence-electron chi connectivity index (χ1n) is 7.36. The van der Waals surface area contributed by atoms with Crippen molar-refractivity contribution in [3.05, 3.63) is 34.9 Å². The van der Waals surface area contributed by atoms with Crippen molar-refractivity contribution in [3.8, 4) is 0 Å². The second kappa shape index (κ2) is 7.28. The lowest BCUT2D eigenvalue weighted by Crippen LogP contribution is -2.33. The van der Waals surface area contributed by atoms with Crippen molar-refractivity contribution in [3.63, 3.8) is 0 Å². The van der Waals surface area contributed by atoms with Crippen molar-refractivity contribution in [2.45, 2.75) is 45.2 Å². The molecule has 1 unspecified atom stereocenters. The molecule has 0 bridgehead atoms. The Morgan fingerprint density at radius 3 is 2.47 bits per heavy atom. The molecular weight excluding hydrogens is 256 g/mol. The number of rotatable bonds is 5. The second-order valence-corrected chi connectivity index (χ2v) is 6.34. The highest BCUT2D eigenvalue weighted by molar-refractivity contribution is 6.30. The van der Waals surface area contributed by atoms with Gasteiger partial charge in [0.15, 0.2) is 0 Å². The zero-order chi connectivity index (χ0) is 13.7. The fourth-order valence-corrected chi connectivity index (χ4v) is 2.91. The number of hydrogen-bond acceptors (Lipinski definition) is 2. The van der Waals surface area contributed by atoms with Gasteiger partial charge in [-0.15, -0.1) is 0 Å². The Balaban J connectivity index is 1.72. The predicted octanol–water partition coefficient (Wildman–Crippen LogP) is 3.68. The third kappa shape index (κ3) is 5.13. The molecule has 1 aromatic rings. The summed E-state index contributed by atoms with van der Waals surface area (Å²) in [6.07, 6.45) is 5.11. The van der Waals surface area contributed by atoms with Crippen molar-refractivity contribution >= 4 is 11.6 Å². The van der Waals surface area contributed by atoms with E-state index in [9.17, 15) is 0 Å². The minimum absolute atomic E-state index is 0.354. The van der Waals surface area contributed by atoms with Crippen LogP contribution in [0.5, 0.6) is 0 Å². The van der Waals surface area contributed by atoms with Crippen molar-refractivity contribution in [2.75, 3.05) is 13.1 Å². The minimum Gasteiger partial charge on any atom is -0.328 e. The van der Waals surface area contributed by atoms with Crippen LogP contribution in [0.4, 0.5) is 0 Å². The molecular formula is C16H25ClN2. The molecule has 1 saturated heterocycles. The van der Waals surface area contributed by atoms with Gasteiger partial charge in [-0.05, 0) is 69.3 Å². The van der Waals surface area contributed by atoms with Crippen LogP contribution in [0, 0.1) is 5.92 Å². The van der Waals surface area contributed by atoms with E-state index < -0.39 is 0 Å². The summed E-state index contributed by atoms with van der Waals surface area (Å²) in [5, 5.41) is 0.818. The third-order valence-corrected chi connectivity index (χ3v) is 4.31. The Kier molecular flexibility index (Phi) is 5.68. The van der Waals surface area contributed by atoms with Crippen LogP contribution in [0.3, 0.4) is 0 Å². The quantitative estimate of drug-likeness (QED) is 0.891. The van der Waals surface area contributed by atoms with E-state index in [-0.39, 0.29) is 0 Å².